The Bertz CT molecular complexity index is 1050. The summed E-state index contributed by atoms with van der Waals surface area (Å²) in [6.45, 7) is 3.80. The second-order valence-electron chi connectivity index (χ2n) is 6.08. The van der Waals surface area contributed by atoms with Gasteiger partial charge in [0, 0.05) is 11.8 Å². The van der Waals surface area contributed by atoms with Crippen LogP contribution in [0.25, 0.3) is 0 Å². The van der Waals surface area contributed by atoms with Crippen molar-refractivity contribution in [2.24, 2.45) is 0 Å². The number of nitrogens with one attached hydrogen (secondary N) is 2. The number of carbonyl (C=O) groups excluding carboxylic acids is 1. The van der Waals surface area contributed by atoms with E-state index >= 15 is 0 Å². The summed E-state index contributed by atoms with van der Waals surface area (Å²) < 4.78 is 5.08. The Balaban J connectivity index is 1.90. The number of aromatic carboxylic acids is 1. The molecule has 1 heterocycles. The van der Waals surface area contributed by atoms with Crippen LogP contribution in [0.2, 0.25) is 0 Å². The Kier molecular flexibility index (Phi) is 6.03. The normalized spacial score (nSPS) is 10.3. The fourth-order valence-electron chi connectivity index (χ4n) is 2.70. The monoisotopic (exact) mass is 392 g/mol. The summed E-state index contributed by atoms with van der Waals surface area (Å²) in [6.07, 6.45) is 0. The van der Waals surface area contributed by atoms with Crippen LogP contribution in [0.3, 0.4) is 0 Å². The van der Waals surface area contributed by atoms with Gasteiger partial charge in [-0.25, -0.2) is 14.6 Å². The Morgan fingerprint density at radius 1 is 0.966 bits per heavy atom. The summed E-state index contributed by atoms with van der Waals surface area (Å²) in [5.74, 6) is -0.808. The van der Waals surface area contributed by atoms with Gasteiger partial charge in [0.25, 0.3) is 0 Å². The number of ether oxygens (including phenoxy) is 1. The van der Waals surface area contributed by atoms with Crippen molar-refractivity contribution in [3.05, 3.63) is 71.4 Å². The lowest BCUT2D eigenvalue weighted by molar-refractivity contribution is 0.0527. The summed E-state index contributed by atoms with van der Waals surface area (Å²) in [5, 5.41) is 15.4. The third kappa shape index (κ3) is 4.86. The van der Waals surface area contributed by atoms with Gasteiger partial charge in [-0.1, -0.05) is 24.3 Å². The minimum absolute atomic E-state index is 0.130. The number of anilines is 4. The zero-order chi connectivity index (χ0) is 20.8. The van der Waals surface area contributed by atoms with Crippen molar-refractivity contribution in [1.82, 2.24) is 9.97 Å². The molecule has 0 aliphatic carbocycles. The van der Waals surface area contributed by atoms with Crippen LogP contribution in [0.15, 0.2) is 54.6 Å². The molecule has 0 spiro atoms. The average molecular weight is 392 g/mol. The van der Waals surface area contributed by atoms with Gasteiger partial charge in [-0.2, -0.15) is 4.98 Å². The van der Waals surface area contributed by atoms with Crippen LogP contribution in [-0.2, 0) is 4.74 Å². The van der Waals surface area contributed by atoms with Crippen LogP contribution in [-0.4, -0.2) is 33.6 Å². The quantitative estimate of drug-likeness (QED) is 0.514. The summed E-state index contributed by atoms with van der Waals surface area (Å²) in [7, 11) is 0. The molecule has 3 aromatic rings. The topological polar surface area (TPSA) is 113 Å². The summed E-state index contributed by atoms with van der Waals surface area (Å²) in [6, 6.07) is 15.1. The van der Waals surface area contributed by atoms with Gasteiger partial charge in [0.2, 0.25) is 5.95 Å². The van der Waals surface area contributed by atoms with Crippen molar-refractivity contribution >= 4 is 35.1 Å². The number of carbonyl (C=O) groups is 2. The molecular formula is C21H20N4O4. The van der Waals surface area contributed by atoms with Crippen LogP contribution < -0.4 is 10.6 Å². The number of esters is 1. The van der Waals surface area contributed by atoms with Crippen LogP contribution in [0.4, 0.5) is 23.1 Å². The number of benzene rings is 2. The smallest absolute Gasteiger partial charge is 0.340 e. The first-order valence-corrected chi connectivity index (χ1v) is 8.96. The molecule has 2 aromatic carbocycles. The Labute approximate surface area is 167 Å². The largest absolute Gasteiger partial charge is 0.478 e. The number of carboxylic acids is 1. The molecule has 3 rings (SSSR count). The van der Waals surface area contributed by atoms with Crippen molar-refractivity contribution in [2.45, 2.75) is 13.8 Å². The number of rotatable bonds is 7. The lowest BCUT2D eigenvalue weighted by Crippen LogP contribution is -2.10. The number of nitrogens with zero attached hydrogens (tertiary/aromatic N) is 2. The molecule has 0 saturated heterocycles. The minimum Gasteiger partial charge on any atom is -0.478 e. The van der Waals surface area contributed by atoms with Crippen molar-refractivity contribution < 1.29 is 19.4 Å². The molecule has 0 radical (unpaired) electrons. The maximum Gasteiger partial charge on any atom is 0.340 e. The molecule has 148 valence electrons. The second kappa shape index (κ2) is 8.83. The van der Waals surface area contributed by atoms with E-state index in [1.807, 2.05) is 0 Å². The summed E-state index contributed by atoms with van der Waals surface area (Å²) in [4.78, 5) is 32.3. The van der Waals surface area contributed by atoms with E-state index < -0.39 is 11.9 Å². The van der Waals surface area contributed by atoms with E-state index in [1.54, 1.807) is 62.4 Å². The van der Waals surface area contributed by atoms with Crippen molar-refractivity contribution in [1.29, 1.82) is 0 Å². The lowest BCUT2D eigenvalue weighted by atomic mass is 10.2. The molecule has 0 unspecified atom stereocenters. The van der Waals surface area contributed by atoms with E-state index in [2.05, 4.69) is 20.6 Å². The molecule has 1 aromatic heterocycles. The molecule has 0 bridgehead atoms. The lowest BCUT2D eigenvalue weighted by Gasteiger charge is -2.13. The second-order valence-corrected chi connectivity index (χ2v) is 6.08. The van der Waals surface area contributed by atoms with Crippen LogP contribution in [0, 0.1) is 6.92 Å². The molecule has 29 heavy (non-hydrogen) atoms. The number of carboxylic acid groups (broad SMARTS) is 1. The zero-order valence-electron chi connectivity index (χ0n) is 16.0. The molecule has 0 aliphatic heterocycles. The fraction of sp³-hybridized carbons (Fsp3) is 0.143. The molecule has 0 atom stereocenters. The maximum atomic E-state index is 12.2. The third-order valence-electron chi connectivity index (χ3n) is 3.94. The molecular weight excluding hydrogens is 372 g/mol. The molecule has 0 fully saturated rings. The number of para-hydroxylation sites is 2. The van der Waals surface area contributed by atoms with Gasteiger partial charge in [-0.15, -0.1) is 0 Å². The van der Waals surface area contributed by atoms with E-state index in [1.165, 1.54) is 6.07 Å². The summed E-state index contributed by atoms with van der Waals surface area (Å²) in [5.41, 5.74) is 2.08. The standard InChI is InChI=1S/C21H20N4O4/c1-3-29-20(28)15-9-5-7-11-17(15)24-21-22-13(2)12-18(25-21)23-16-10-6-4-8-14(16)19(26)27/h4-12H,3H2,1-2H3,(H,26,27)(H2,22,23,24,25). The highest BCUT2D eigenvalue weighted by Crippen LogP contribution is 2.24. The SMILES string of the molecule is CCOC(=O)c1ccccc1Nc1nc(C)cc(Nc2ccccc2C(=O)O)n1. The van der Waals surface area contributed by atoms with Gasteiger partial charge in [0.15, 0.2) is 0 Å². The first-order chi connectivity index (χ1) is 14.0. The van der Waals surface area contributed by atoms with Gasteiger partial charge >= 0.3 is 11.9 Å². The summed E-state index contributed by atoms with van der Waals surface area (Å²) >= 11 is 0. The van der Waals surface area contributed by atoms with Crippen molar-refractivity contribution in [3.63, 3.8) is 0 Å². The zero-order valence-corrected chi connectivity index (χ0v) is 16.0. The van der Waals surface area contributed by atoms with E-state index in [0.29, 0.717) is 28.5 Å². The number of hydrogen-bond acceptors (Lipinski definition) is 7. The Hall–Kier alpha value is -3.94. The minimum atomic E-state index is -1.04. The highest BCUT2D eigenvalue weighted by atomic mass is 16.5. The van der Waals surface area contributed by atoms with E-state index in [9.17, 15) is 14.7 Å². The molecule has 0 aliphatic rings. The van der Waals surface area contributed by atoms with Crippen LogP contribution >= 0.6 is 0 Å². The average Bonchev–Trinajstić information content (AvgIpc) is 2.68. The third-order valence-corrected chi connectivity index (χ3v) is 3.94. The molecule has 8 heteroatoms. The van der Waals surface area contributed by atoms with Crippen LogP contribution in [0.5, 0.6) is 0 Å². The van der Waals surface area contributed by atoms with Crippen molar-refractivity contribution in [3.8, 4) is 0 Å². The van der Waals surface area contributed by atoms with E-state index in [-0.39, 0.29) is 18.1 Å². The molecule has 0 saturated carbocycles. The Morgan fingerprint density at radius 2 is 1.59 bits per heavy atom. The first-order valence-electron chi connectivity index (χ1n) is 8.96. The van der Waals surface area contributed by atoms with Gasteiger partial charge < -0.3 is 20.5 Å². The van der Waals surface area contributed by atoms with E-state index in [0.717, 1.165) is 0 Å². The van der Waals surface area contributed by atoms with E-state index in [4.69, 9.17) is 4.74 Å². The number of aromatic nitrogens is 2. The van der Waals surface area contributed by atoms with Crippen molar-refractivity contribution in [2.75, 3.05) is 17.2 Å². The predicted molar refractivity (Wildman–Crippen MR) is 109 cm³/mol. The highest BCUT2D eigenvalue weighted by molar-refractivity contribution is 5.96. The highest BCUT2D eigenvalue weighted by Gasteiger charge is 2.14. The molecule has 3 N–H and O–H groups in total. The van der Waals surface area contributed by atoms with Crippen LogP contribution in [0.1, 0.15) is 33.3 Å². The first kappa shape index (κ1) is 19.8. The number of hydrogen-bond donors (Lipinski definition) is 3. The maximum absolute atomic E-state index is 12.2. The molecule has 8 nitrogen and oxygen atoms in total. The van der Waals surface area contributed by atoms with Gasteiger partial charge in [0.1, 0.15) is 5.82 Å². The Morgan fingerprint density at radius 3 is 2.24 bits per heavy atom. The van der Waals surface area contributed by atoms with Gasteiger partial charge in [-0.3, -0.25) is 0 Å². The number of aryl methyl sites for hydroxylation is 1. The molecule has 0 amide bonds. The van der Waals surface area contributed by atoms with Gasteiger partial charge in [0.05, 0.1) is 29.1 Å². The fourth-order valence-corrected chi connectivity index (χ4v) is 2.70. The predicted octanol–water partition coefficient (Wildman–Crippen LogP) is 4.15. The van der Waals surface area contributed by atoms with Gasteiger partial charge in [-0.05, 0) is 38.1 Å².